The first-order valence-electron chi connectivity index (χ1n) is 6.92. The predicted octanol–water partition coefficient (Wildman–Crippen LogP) is 4.13. The molecule has 0 fully saturated rings. The lowest BCUT2D eigenvalue weighted by Crippen LogP contribution is -2.06. The topological polar surface area (TPSA) is 37.8 Å². The number of nitrogens with one attached hydrogen (secondary N) is 1. The molecule has 3 nitrogen and oxygen atoms in total. The Bertz CT molecular complexity index is 579. The molecule has 4 heteroatoms. The summed E-state index contributed by atoms with van der Waals surface area (Å²) in [5, 5.41) is 3.13. The molecule has 106 valence electrons. The van der Waals surface area contributed by atoms with Crippen LogP contribution in [-0.4, -0.2) is 17.0 Å². The van der Waals surface area contributed by atoms with Crippen molar-refractivity contribution < 1.29 is 0 Å². The molecule has 0 aliphatic heterocycles. The van der Waals surface area contributed by atoms with Gasteiger partial charge in [-0.25, -0.2) is 9.97 Å². The molecule has 0 amide bonds. The molecule has 1 aromatic carbocycles. The van der Waals surface area contributed by atoms with E-state index in [1.165, 1.54) is 11.1 Å². The molecule has 2 aromatic rings. The minimum atomic E-state index is 0.763. The number of aromatic nitrogens is 2. The summed E-state index contributed by atoms with van der Waals surface area (Å²) in [7, 11) is 1.89. The minimum Gasteiger partial charge on any atom is -0.372 e. The SMILES string of the molecule is CCCc1nc(Cc2ccc(C)cc2)nc(NC)c1Br. The van der Waals surface area contributed by atoms with Crippen LogP contribution in [0.15, 0.2) is 28.7 Å². The molecule has 2 rings (SSSR count). The normalized spacial score (nSPS) is 10.6. The molecule has 0 unspecified atom stereocenters. The van der Waals surface area contributed by atoms with E-state index in [4.69, 9.17) is 4.98 Å². The maximum Gasteiger partial charge on any atom is 0.144 e. The summed E-state index contributed by atoms with van der Waals surface area (Å²) in [4.78, 5) is 9.27. The van der Waals surface area contributed by atoms with E-state index in [0.29, 0.717) is 0 Å². The molecule has 0 saturated carbocycles. The standard InChI is InChI=1S/C16H20BrN3/c1-4-5-13-15(17)16(18-3)20-14(19-13)10-12-8-6-11(2)7-9-12/h6-9H,4-5,10H2,1-3H3,(H,18,19,20). The molecule has 0 bridgehead atoms. The van der Waals surface area contributed by atoms with Crippen molar-refractivity contribution in [3.63, 3.8) is 0 Å². The van der Waals surface area contributed by atoms with E-state index in [9.17, 15) is 0 Å². The largest absolute Gasteiger partial charge is 0.372 e. The molecule has 20 heavy (non-hydrogen) atoms. The summed E-state index contributed by atoms with van der Waals surface area (Å²) in [5.74, 6) is 1.73. The molecular weight excluding hydrogens is 314 g/mol. The van der Waals surface area contributed by atoms with Crippen molar-refractivity contribution in [3.05, 3.63) is 51.4 Å². The fraction of sp³-hybridized carbons (Fsp3) is 0.375. The lowest BCUT2D eigenvalue weighted by Gasteiger charge is -2.11. The van der Waals surface area contributed by atoms with Gasteiger partial charge in [0, 0.05) is 13.5 Å². The number of halogens is 1. The lowest BCUT2D eigenvalue weighted by molar-refractivity contribution is 0.835. The van der Waals surface area contributed by atoms with Crippen LogP contribution in [0.5, 0.6) is 0 Å². The minimum absolute atomic E-state index is 0.763. The molecular formula is C16H20BrN3. The van der Waals surface area contributed by atoms with Crippen molar-refractivity contribution in [2.24, 2.45) is 0 Å². The molecule has 0 saturated heterocycles. The summed E-state index contributed by atoms with van der Waals surface area (Å²) >= 11 is 3.58. The fourth-order valence-electron chi connectivity index (χ4n) is 2.08. The van der Waals surface area contributed by atoms with E-state index in [2.05, 4.69) is 64.3 Å². The van der Waals surface area contributed by atoms with Crippen LogP contribution < -0.4 is 5.32 Å². The van der Waals surface area contributed by atoms with Gasteiger partial charge in [0.1, 0.15) is 11.6 Å². The smallest absolute Gasteiger partial charge is 0.144 e. The van der Waals surface area contributed by atoms with Gasteiger partial charge in [0.15, 0.2) is 0 Å². The van der Waals surface area contributed by atoms with Crippen LogP contribution in [-0.2, 0) is 12.8 Å². The molecule has 1 N–H and O–H groups in total. The van der Waals surface area contributed by atoms with Crippen molar-refractivity contribution in [2.45, 2.75) is 33.1 Å². The van der Waals surface area contributed by atoms with Crippen LogP contribution in [0.4, 0.5) is 5.82 Å². The zero-order valence-electron chi connectivity index (χ0n) is 12.2. The zero-order chi connectivity index (χ0) is 14.5. The van der Waals surface area contributed by atoms with Gasteiger partial charge < -0.3 is 5.32 Å². The third-order valence-corrected chi connectivity index (χ3v) is 4.01. The summed E-state index contributed by atoms with van der Waals surface area (Å²) < 4.78 is 0.981. The molecule has 0 spiro atoms. The van der Waals surface area contributed by atoms with Crippen LogP contribution >= 0.6 is 15.9 Å². The van der Waals surface area contributed by atoms with Crippen LogP contribution in [0.2, 0.25) is 0 Å². The number of benzene rings is 1. The second-order valence-corrected chi connectivity index (χ2v) is 5.70. The van der Waals surface area contributed by atoms with E-state index in [-0.39, 0.29) is 0 Å². The Morgan fingerprint density at radius 2 is 1.85 bits per heavy atom. The Labute approximate surface area is 129 Å². The Kier molecular flexibility index (Phi) is 5.12. The number of nitrogens with zero attached hydrogens (tertiary/aromatic N) is 2. The van der Waals surface area contributed by atoms with Gasteiger partial charge in [-0.15, -0.1) is 0 Å². The molecule has 0 aliphatic carbocycles. The third-order valence-electron chi connectivity index (χ3n) is 3.17. The van der Waals surface area contributed by atoms with Crippen molar-refractivity contribution in [2.75, 3.05) is 12.4 Å². The number of anilines is 1. The molecule has 1 aromatic heterocycles. The zero-order valence-corrected chi connectivity index (χ0v) is 13.8. The van der Waals surface area contributed by atoms with Gasteiger partial charge in [-0.3, -0.25) is 0 Å². The Morgan fingerprint density at radius 3 is 2.45 bits per heavy atom. The van der Waals surface area contributed by atoms with E-state index in [1.54, 1.807) is 0 Å². The highest BCUT2D eigenvalue weighted by molar-refractivity contribution is 9.10. The van der Waals surface area contributed by atoms with Crippen molar-refractivity contribution in [1.82, 2.24) is 9.97 Å². The predicted molar refractivity (Wildman–Crippen MR) is 87.3 cm³/mol. The first-order chi connectivity index (χ1) is 9.63. The van der Waals surface area contributed by atoms with Gasteiger partial charge in [-0.1, -0.05) is 43.2 Å². The highest BCUT2D eigenvalue weighted by atomic mass is 79.9. The first kappa shape index (κ1) is 15.0. The average Bonchev–Trinajstić information content (AvgIpc) is 2.45. The van der Waals surface area contributed by atoms with Crippen LogP contribution in [0, 0.1) is 6.92 Å². The summed E-state index contributed by atoms with van der Waals surface area (Å²) in [6.07, 6.45) is 2.79. The molecule has 0 radical (unpaired) electrons. The van der Waals surface area contributed by atoms with Gasteiger partial charge in [-0.05, 0) is 34.8 Å². The highest BCUT2D eigenvalue weighted by Crippen LogP contribution is 2.25. The van der Waals surface area contributed by atoms with Crippen molar-refractivity contribution in [3.8, 4) is 0 Å². The van der Waals surface area contributed by atoms with Gasteiger partial charge in [-0.2, -0.15) is 0 Å². The van der Waals surface area contributed by atoms with Gasteiger partial charge in [0.2, 0.25) is 0 Å². The van der Waals surface area contributed by atoms with Gasteiger partial charge in [0.25, 0.3) is 0 Å². The van der Waals surface area contributed by atoms with E-state index >= 15 is 0 Å². The summed E-state index contributed by atoms with van der Waals surface area (Å²) in [5.41, 5.74) is 3.59. The Balaban J connectivity index is 2.31. The van der Waals surface area contributed by atoms with Crippen LogP contribution in [0.3, 0.4) is 0 Å². The summed E-state index contributed by atoms with van der Waals surface area (Å²) in [6.45, 7) is 4.26. The van der Waals surface area contributed by atoms with Crippen LogP contribution in [0.25, 0.3) is 0 Å². The van der Waals surface area contributed by atoms with E-state index in [0.717, 1.165) is 41.1 Å². The fourth-order valence-corrected chi connectivity index (χ4v) is 2.65. The maximum absolute atomic E-state index is 4.69. The number of rotatable bonds is 5. The summed E-state index contributed by atoms with van der Waals surface area (Å²) in [6, 6.07) is 8.53. The number of hydrogen-bond donors (Lipinski definition) is 1. The van der Waals surface area contributed by atoms with Crippen LogP contribution in [0.1, 0.15) is 36.0 Å². The van der Waals surface area contributed by atoms with Crippen molar-refractivity contribution >= 4 is 21.7 Å². The highest BCUT2D eigenvalue weighted by Gasteiger charge is 2.11. The second kappa shape index (κ2) is 6.84. The van der Waals surface area contributed by atoms with Crippen molar-refractivity contribution in [1.29, 1.82) is 0 Å². The average molecular weight is 334 g/mol. The molecule has 0 atom stereocenters. The third kappa shape index (κ3) is 3.57. The second-order valence-electron chi connectivity index (χ2n) is 4.91. The van der Waals surface area contributed by atoms with E-state index in [1.807, 2.05) is 7.05 Å². The lowest BCUT2D eigenvalue weighted by atomic mass is 10.1. The maximum atomic E-state index is 4.69. The van der Waals surface area contributed by atoms with Gasteiger partial charge in [0.05, 0.1) is 10.2 Å². The molecule has 1 heterocycles. The van der Waals surface area contributed by atoms with Gasteiger partial charge >= 0.3 is 0 Å². The van der Waals surface area contributed by atoms with E-state index < -0.39 is 0 Å². The molecule has 0 aliphatic rings. The Hall–Kier alpha value is -1.42. The number of aryl methyl sites for hydroxylation is 2. The Morgan fingerprint density at radius 1 is 1.15 bits per heavy atom. The monoisotopic (exact) mass is 333 g/mol. The first-order valence-corrected chi connectivity index (χ1v) is 7.72. The quantitative estimate of drug-likeness (QED) is 0.893. The number of hydrogen-bond acceptors (Lipinski definition) is 3.